The van der Waals surface area contributed by atoms with Crippen molar-refractivity contribution in [2.24, 2.45) is 0 Å². The maximum Gasteiger partial charge on any atom is 0.255 e. The van der Waals surface area contributed by atoms with E-state index < -0.39 is 29.3 Å². The minimum Gasteiger partial charge on any atom is -0.451 e. The van der Waals surface area contributed by atoms with Gasteiger partial charge < -0.3 is 4.74 Å². The molecule has 0 aliphatic rings. The molecule has 0 spiro atoms. The van der Waals surface area contributed by atoms with E-state index in [0.717, 1.165) is 5.56 Å². The van der Waals surface area contributed by atoms with Crippen LogP contribution in [0.15, 0.2) is 24.3 Å². The Kier molecular flexibility index (Phi) is 3.18. The Hall–Kier alpha value is -2.11. The molecule has 0 radical (unpaired) electrons. The molecule has 2 aromatic rings. The van der Waals surface area contributed by atoms with E-state index in [1.165, 1.54) is 12.1 Å². The van der Waals surface area contributed by atoms with Crippen molar-refractivity contribution in [1.82, 2.24) is 4.98 Å². The lowest BCUT2D eigenvalue weighted by molar-refractivity contribution is 0.343. The van der Waals surface area contributed by atoms with Gasteiger partial charge in [-0.15, -0.1) is 0 Å². The molecule has 0 aliphatic carbocycles. The van der Waals surface area contributed by atoms with Crippen molar-refractivity contribution >= 4 is 0 Å². The average Bonchev–Trinajstić information content (AvgIpc) is 2.34. The van der Waals surface area contributed by atoms with E-state index in [1.807, 2.05) is 0 Å². The summed E-state index contributed by atoms with van der Waals surface area (Å²) >= 11 is 0. The van der Waals surface area contributed by atoms with Crippen LogP contribution in [0.3, 0.4) is 0 Å². The molecule has 18 heavy (non-hydrogen) atoms. The van der Waals surface area contributed by atoms with E-state index >= 15 is 0 Å². The summed E-state index contributed by atoms with van der Waals surface area (Å²) in [5.74, 6) is -7.94. The third kappa shape index (κ3) is 2.27. The zero-order valence-corrected chi connectivity index (χ0v) is 9.18. The molecule has 0 aliphatic heterocycles. The minimum atomic E-state index is -1.75. The zero-order valence-electron chi connectivity index (χ0n) is 9.18. The van der Waals surface area contributed by atoms with Crippen molar-refractivity contribution in [3.63, 3.8) is 0 Å². The topological polar surface area (TPSA) is 22.1 Å². The van der Waals surface area contributed by atoms with E-state index in [9.17, 15) is 17.6 Å². The van der Waals surface area contributed by atoms with E-state index in [1.54, 1.807) is 19.1 Å². The predicted octanol–water partition coefficient (Wildman–Crippen LogP) is 3.74. The summed E-state index contributed by atoms with van der Waals surface area (Å²) in [4.78, 5) is 2.43. The number of halogens is 4. The van der Waals surface area contributed by atoms with Gasteiger partial charge in [0, 0.05) is 0 Å². The van der Waals surface area contributed by atoms with Gasteiger partial charge in [-0.1, -0.05) is 17.7 Å². The Morgan fingerprint density at radius 1 is 0.889 bits per heavy atom. The molecule has 0 saturated carbocycles. The van der Waals surface area contributed by atoms with E-state index in [2.05, 4.69) is 4.98 Å². The molecule has 0 N–H and O–H groups in total. The van der Waals surface area contributed by atoms with Gasteiger partial charge in [0.25, 0.3) is 11.9 Å². The molecule has 2 nitrogen and oxygen atoms in total. The predicted molar refractivity (Wildman–Crippen MR) is 55.3 cm³/mol. The number of hydrogen-bond acceptors (Lipinski definition) is 2. The summed E-state index contributed by atoms with van der Waals surface area (Å²) in [6, 6.07) is 6.09. The first-order chi connectivity index (χ1) is 8.49. The van der Waals surface area contributed by atoms with Gasteiger partial charge in [-0.3, -0.25) is 0 Å². The molecule has 0 amide bonds. The lowest BCUT2D eigenvalue weighted by atomic mass is 10.2. The van der Waals surface area contributed by atoms with Crippen LogP contribution in [0.25, 0.3) is 0 Å². The van der Waals surface area contributed by atoms with Crippen molar-refractivity contribution in [1.29, 1.82) is 0 Å². The molecular weight excluding hydrogens is 250 g/mol. The van der Waals surface area contributed by atoms with Gasteiger partial charge in [-0.25, -0.2) is 0 Å². The highest BCUT2D eigenvalue weighted by atomic mass is 19.2. The standard InChI is InChI=1S/C12H7F4NO/c1-6-2-4-7(5-3-6)18-10-8(13)11(15)17-12(16)9(10)14/h2-5H,1H3. The van der Waals surface area contributed by atoms with Crippen LogP contribution in [0.2, 0.25) is 0 Å². The highest BCUT2D eigenvalue weighted by Gasteiger charge is 2.22. The van der Waals surface area contributed by atoms with Crippen LogP contribution in [-0.4, -0.2) is 4.98 Å². The van der Waals surface area contributed by atoms with Crippen LogP contribution in [0.5, 0.6) is 11.5 Å². The second-order valence-electron chi connectivity index (χ2n) is 3.57. The second-order valence-corrected chi connectivity index (χ2v) is 3.57. The Labute approximate surface area is 99.8 Å². The molecule has 0 bridgehead atoms. The van der Waals surface area contributed by atoms with Gasteiger partial charge in [0.05, 0.1) is 0 Å². The van der Waals surface area contributed by atoms with E-state index in [4.69, 9.17) is 4.74 Å². The smallest absolute Gasteiger partial charge is 0.255 e. The molecule has 0 saturated heterocycles. The van der Waals surface area contributed by atoms with Gasteiger partial charge in [0.1, 0.15) is 5.75 Å². The van der Waals surface area contributed by atoms with Crippen LogP contribution in [0, 0.1) is 30.5 Å². The van der Waals surface area contributed by atoms with Crippen LogP contribution in [-0.2, 0) is 0 Å². The summed E-state index contributed by atoms with van der Waals surface area (Å²) in [5, 5.41) is 0. The van der Waals surface area contributed by atoms with Crippen molar-refractivity contribution in [3.05, 3.63) is 53.4 Å². The van der Waals surface area contributed by atoms with Crippen LogP contribution < -0.4 is 4.74 Å². The number of aromatic nitrogens is 1. The number of ether oxygens (including phenoxy) is 1. The van der Waals surface area contributed by atoms with Crippen molar-refractivity contribution < 1.29 is 22.3 Å². The quantitative estimate of drug-likeness (QED) is 0.604. The number of benzene rings is 1. The maximum absolute atomic E-state index is 13.2. The Morgan fingerprint density at radius 3 is 1.89 bits per heavy atom. The molecule has 6 heteroatoms. The first-order valence-corrected chi connectivity index (χ1v) is 4.93. The molecule has 0 unspecified atom stereocenters. The van der Waals surface area contributed by atoms with Crippen molar-refractivity contribution in [3.8, 4) is 11.5 Å². The number of pyridine rings is 1. The highest BCUT2D eigenvalue weighted by molar-refractivity contribution is 5.33. The fraction of sp³-hybridized carbons (Fsp3) is 0.0833. The summed E-state index contributed by atoms with van der Waals surface area (Å²) < 4.78 is 56.9. The molecule has 94 valence electrons. The molecule has 1 aromatic carbocycles. The number of nitrogens with zero attached hydrogens (tertiary/aromatic N) is 1. The summed E-state index contributed by atoms with van der Waals surface area (Å²) in [6.07, 6.45) is 0. The Balaban J connectivity index is 2.42. The highest BCUT2D eigenvalue weighted by Crippen LogP contribution is 2.29. The van der Waals surface area contributed by atoms with Crippen molar-refractivity contribution in [2.45, 2.75) is 6.92 Å². The van der Waals surface area contributed by atoms with Gasteiger partial charge >= 0.3 is 0 Å². The normalized spacial score (nSPS) is 10.5. The SMILES string of the molecule is Cc1ccc(Oc2c(F)c(F)nc(F)c2F)cc1. The summed E-state index contributed by atoms with van der Waals surface area (Å²) in [7, 11) is 0. The molecule has 2 rings (SSSR count). The van der Waals surface area contributed by atoms with Crippen molar-refractivity contribution in [2.75, 3.05) is 0 Å². The Bertz CT molecular complexity index is 557. The average molecular weight is 257 g/mol. The molecule has 1 heterocycles. The number of rotatable bonds is 2. The van der Waals surface area contributed by atoms with Gasteiger partial charge in [-0.2, -0.15) is 22.5 Å². The first-order valence-electron chi connectivity index (χ1n) is 4.93. The fourth-order valence-corrected chi connectivity index (χ4v) is 1.28. The third-order valence-electron chi connectivity index (χ3n) is 2.20. The molecule has 0 fully saturated rings. The van der Waals surface area contributed by atoms with E-state index in [0.29, 0.717) is 0 Å². The van der Waals surface area contributed by atoms with E-state index in [-0.39, 0.29) is 5.75 Å². The molecular formula is C12H7F4NO. The maximum atomic E-state index is 13.2. The molecule has 0 atom stereocenters. The zero-order chi connectivity index (χ0) is 13.3. The minimum absolute atomic E-state index is 0.0587. The van der Waals surface area contributed by atoms with Crippen LogP contribution >= 0.6 is 0 Å². The fourth-order valence-electron chi connectivity index (χ4n) is 1.28. The van der Waals surface area contributed by atoms with Gasteiger partial charge in [0.15, 0.2) is 0 Å². The lowest BCUT2D eigenvalue weighted by Gasteiger charge is -2.08. The van der Waals surface area contributed by atoms with Gasteiger partial charge in [0.2, 0.25) is 17.4 Å². The Morgan fingerprint density at radius 2 is 1.39 bits per heavy atom. The largest absolute Gasteiger partial charge is 0.451 e. The monoisotopic (exact) mass is 257 g/mol. The number of aryl methyl sites for hydroxylation is 1. The summed E-state index contributed by atoms with van der Waals surface area (Å²) in [6.45, 7) is 1.80. The number of hydrogen-bond donors (Lipinski definition) is 0. The van der Waals surface area contributed by atoms with Gasteiger partial charge in [-0.05, 0) is 19.1 Å². The summed E-state index contributed by atoms with van der Waals surface area (Å²) in [5.41, 5.74) is 0.899. The third-order valence-corrected chi connectivity index (χ3v) is 2.20. The molecule has 1 aromatic heterocycles. The second kappa shape index (κ2) is 4.64. The first kappa shape index (κ1) is 12.3. The lowest BCUT2D eigenvalue weighted by Crippen LogP contribution is -2.03. The van der Waals surface area contributed by atoms with Crippen LogP contribution in [0.1, 0.15) is 5.56 Å². The van der Waals surface area contributed by atoms with Crippen LogP contribution in [0.4, 0.5) is 17.6 Å².